The molecule has 272 valence electrons. The van der Waals surface area contributed by atoms with Crippen LogP contribution in [0.1, 0.15) is 148 Å². The lowest BCUT2D eigenvalue weighted by Crippen LogP contribution is -2.45. The number of guanidine groups is 1. The van der Waals surface area contributed by atoms with Gasteiger partial charge in [0, 0.05) is 50.0 Å². The highest BCUT2D eigenvalue weighted by atomic mass is 16.2. The second-order valence-electron chi connectivity index (χ2n) is 13.9. The summed E-state index contributed by atoms with van der Waals surface area (Å²) < 4.78 is 0. The van der Waals surface area contributed by atoms with E-state index in [0.717, 1.165) is 24.8 Å². The SMILES string of the molecule is CCCCCCCCCCCCCCCC(=O)C[C@H](Cc1cccnc1)C(=O)N[C@@H](CCCN=C(N)N)C(=O)C[C@@H](CC(C)C)C(N)=O. The third-order valence-electron chi connectivity index (χ3n) is 8.87. The van der Waals surface area contributed by atoms with Gasteiger partial charge < -0.3 is 22.5 Å². The zero-order valence-electron chi connectivity index (χ0n) is 30.2. The summed E-state index contributed by atoms with van der Waals surface area (Å²) in [6.07, 6.45) is 21.4. The summed E-state index contributed by atoms with van der Waals surface area (Å²) in [5, 5.41) is 2.92. The first-order valence-corrected chi connectivity index (χ1v) is 18.6. The molecule has 48 heavy (non-hydrogen) atoms. The van der Waals surface area contributed by atoms with Crippen LogP contribution in [0.5, 0.6) is 0 Å². The summed E-state index contributed by atoms with van der Waals surface area (Å²) in [7, 11) is 0. The summed E-state index contributed by atoms with van der Waals surface area (Å²) in [5.74, 6) is -2.27. The highest BCUT2D eigenvalue weighted by Gasteiger charge is 2.30. The number of carbonyl (C=O) groups is 4. The molecule has 1 aromatic rings. The second kappa shape index (κ2) is 26.6. The van der Waals surface area contributed by atoms with Crippen molar-refractivity contribution in [2.45, 2.75) is 155 Å². The third-order valence-corrected chi connectivity index (χ3v) is 8.87. The minimum absolute atomic E-state index is 0.0449. The normalized spacial score (nSPS) is 13.1. The van der Waals surface area contributed by atoms with E-state index < -0.39 is 23.8 Å². The van der Waals surface area contributed by atoms with Gasteiger partial charge in [-0.2, -0.15) is 0 Å². The Morgan fingerprint density at radius 1 is 0.812 bits per heavy atom. The van der Waals surface area contributed by atoms with Crippen LogP contribution in [-0.4, -0.2) is 46.9 Å². The number of aromatic nitrogens is 1. The molecule has 0 radical (unpaired) electrons. The molecule has 1 heterocycles. The Labute approximate surface area is 290 Å². The number of amides is 2. The van der Waals surface area contributed by atoms with E-state index in [-0.39, 0.29) is 42.2 Å². The number of primary amides is 1. The number of hydrogen-bond donors (Lipinski definition) is 4. The molecular weight excluding hydrogens is 604 g/mol. The van der Waals surface area contributed by atoms with Gasteiger partial charge >= 0.3 is 0 Å². The van der Waals surface area contributed by atoms with Crippen LogP contribution in [0.4, 0.5) is 0 Å². The minimum atomic E-state index is -0.853. The van der Waals surface area contributed by atoms with E-state index in [1.165, 1.54) is 64.2 Å². The third kappa shape index (κ3) is 21.5. The van der Waals surface area contributed by atoms with E-state index in [1.807, 2.05) is 19.9 Å². The van der Waals surface area contributed by atoms with Gasteiger partial charge in [-0.15, -0.1) is 0 Å². The summed E-state index contributed by atoms with van der Waals surface area (Å²) >= 11 is 0. The molecule has 0 aliphatic carbocycles. The lowest BCUT2D eigenvalue weighted by Gasteiger charge is -2.24. The van der Waals surface area contributed by atoms with Crippen LogP contribution < -0.4 is 22.5 Å². The van der Waals surface area contributed by atoms with Crippen molar-refractivity contribution in [2.75, 3.05) is 6.54 Å². The predicted octanol–water partition coefficient (Wildman–Crippen LogP) is 6.33. The maximum absolute atomic E-state index is 13.7. The van der Waals surface area contributed by atoms with Crippen molar-refractivity contribution in [3.8, 4) is 0 Å². The largest absolute Gasteiger partial charge is 0.370 e. The lowest BCUT2D eigenvalue weighted by atomic mass is 9.88. The van der Waals surface area contributed by atoms with Crippen LogP contribution in [0.2, 0.25) is 0 Å². The van der Waals surface area contributed by atoms with Gasteiger partial charge in [0.05, 0.1) is 6.04 Å². The molecule has 0 saturated carbocycles. The molecule has 0 aliphatic rings. The first-order valence-electron chi connectivity index (χ1n) is 18.6. The predicted molar refractivity (Wildman–Crippen MR) is 195 cm³/mol. The monoisotopic (exact) mass is 671 g/mol. The van der Waals surface area contributed by atoms with E-state index in [2.05, 4.69) is 22.2 Å². The number of rotatable bonds is 30. The van der Waals surface area contributed by atoms with Crippen molar-refractivity contribution in [3.05, 3.63) is 30.1 Å². The smallest absolute Gasteiger partial charge is 0.224 e. The number of ketones is 2. The molecule has 2 amide bonds. The van der Waals surface area contributed by atoms with Crippen LogP contribution in [0.15, 0.2) is 29.5 Å². The molecule has 0 bridgehead atoms. The van der Waals surface area contributed by atoms with Crippen molar-refractivity contribution < 1.29 is 19.2 Å². The van der Waals surface area contributed by atoms with Gasteiger partial charge in [0.1, 0.15) is 5.78 Å². The molecule has 0 fully saturated rings. The van der Waals surface area contributed by atoms with Crippen molar-refractivity contribution in [1.29, 1.82) is 0 Å². The fourth-order valence-corrected chi connectivity index (χ4v) is 6.14. The maximum atomic E-state index is 13.7. The number of unbranched alkanes of at least 4 members (excludes halogenated alkanes) is 12. The zero-order chi connectivity index (χ0) is 35.6. The van der Waals surface area contributed by atoms with Crippen molar-refractivity contribution in [2.24, 2.45) is 39.9 Å². The molecule has 0 spiro atoms. The molecule has 0 aromatic carbocycles. The Morgan fingerprint density at radius 2 is 1.42 bits per heavy atom. The van der Waals surface area contributed by atoms with Crippen LogP contribution >= 0.6 is 0 Å². The first-order chi connectivity index (χ1) is 23.0. The minimum Gasteiger partial charge on any atom is -0.370 e. The van der Waals surface area contributed by atoms with Crippen LogP contribution in [-0.2, 0) is 25.6 Å². The average molecular weight is 671 g/mol. The van der Waals surface area contributed by atoms with Gasteiger partial charge in [0.2, 0.25) is 11.8 Å². The van der Waals surface area contributed by atoms with Crippen molar-refractivity contribution in [3.63, 3.8) is 0 Å². The van der Waals surface area contributed by atoms with Crippen molar-refractivity contribution in [1.82, 2.24) is 10.3 Å². The number of pyridine rings is 1. The van der Waals surface area contributed by atoms with Gasteiger partial charge in [-0.3, -0.25) is 29.2 Å². The molecule has 7 N–H and O–H groups in total. The quantitative estimate of drug-likeness (QED) is 0.0419. The Kier molecular flexibility index (Phi) is 23.7. The lowest BCUT2D eigenvalue weighted by molar-refractivity contribution is -0.133. The van der Waals surface area contributed by atoms with Crippen molar-refractivity contribution >= 4 is 29.3 Å². The summed E-state index contributed by atoms with van der Waals surface area (Å²) in [6, 6.07) is 2.83. The second-order valence-corrected chi connectivity index (χ2v) is 13.9. The molecule has 10 nitrogen and oxygen atoms in total. The number of hydrogen-bond acceptors (Lipinski definition) is 6. The number of aliphatic imine (C=N–C) groups is 1. The van der Waals surface area contributed by atoms with Gasteiger partial charge in [-0.05, 0) is 49.7 Å². The number of Topliss-reactive ketones (excluding diaryl/α,β-unsaturated/α-hetero) is 2. The molecule has 1 aromatic heterocycles. The standard InChI is InChI=1S/C38H66N6O4/c1-4-5-6-7-8-9-10-11-12-13-14-15-16-20-33(45)26-32(25-30-19-17-22-42-28-30)37(48)44-34(21-18-23-43-38(40)41)35(46)27-31(36(39)47)24-29(2)3/h17,19,22,28-29,31-32,34H,4-16,18,20-21,23-27H2,1-3H3,(H2,39,47)(H,44,48)(H4,40,41,43)/t31-,32+,34+/m1/s1. The van der Waals surface area contributed by atoms with Crippen LogP contribution in [0, 0.1) is 17.8 Å². The fourth-order valence-electron chi connectivity index (χ4n) is 6.14. The fraction of sp³-hybridized carbons (Fsp3) is 0.737. The summed E-state index contributed by atoms with van der Waals surface area (Å²) in [6.45, 7) is 6.47. The highest BCUT2D eigenvalue weighted by Crippen LogP contribution is 2.20. The average Bonchev–Trinajstić information content (AvgIpc) is 3.04. The van der Waals surface area contributed by atoms with Gasteiger partial charge in [0.15, 0.2) is 11.7 Å². The van der Waals surface area contributed by atoms with E-state index in [0.29, 0.717) is 38.6 Å². The molecule has 10 heteroatoms. The topological polar surface area (TPSA) is 184 Å². The molecular formula is C38H66N6O4. The van der Waals surface area contributed by atoms with Gasteiger partial charge in [-0.25, -0.2) is 0 Å². The maximum Gasteiger partial charge on any atom is 0.224 e. The van der Waals surface area contributed by atoms with E-state index in [1.54, 1.807) is 18.5 Å². The first kappa shape index (κ1) is 42.7. The van der Waals surface area contributed by atoms with Crippen LogP contribution in [0.3, 0.4) is 0 Å². The molecule has 0 unspecified atom stereocenters. The van der Waals surface area contributed by atoms with E-state index in [4.69, 9.17) is 17.2 Å². The van der Waals surface area contributed by atoms with Crippen LogP contribution in [0.25, 0.3) is 0 Å². The number of nitrogens with zero attached hydrogens (tertiary/aromatic N) is 2. The van der Waals surface area contributed by atoms with Gasteiger partial charge in [-0.1, -0.05) is 104 Å². The zero-order valence-corrected chi connectivity index (χ0v) is 30.2. The Balaban J connectivity index is 2.75. The van der Waals surface area contributed by atoms with Gasteiger partial charge in [0.25, 0.3) is 0 Å². The molecule has 0 saturated heterocycles. The molecule has 0 aliphatic heterocycles. The Bertz CT molecular complexity index is 1070. The number of nitrogens with two attached hydrogens (primary N) is 3. The summed E-state index contributed by atoms with van der Waals surface area (Å²) in [4.78, 5) is 60.6. The summed E-state index contributed by atoms with van der Waals surface area (Å²) in [5.41, 5.74) is 17.4. The number of nitrogens with one attached hydrogen (secondary N) is 1. The number of carbonyl (C=O) groups excluding carboxylic acids is 4. The molecule has 3 atom stereocenters. The highest BCUT2D eigenvalue weighted by molar-refractivity contribution is 5.93. The van der Waals surface area contributed by atoms with E-state index in [9.17, 15) is 19.2 Å². The Morgan fingerprint density at radius 3 is 1.94 bits per heavy atom. The Hall–Kier alpha value is -3.30. The van der Waals surface area contributed by atoms with E-state index >= 15 is 0 Å². The molecule has 1 rings (SSSR count).